The Morgan fingerprint density at radius 3 is 2.32 bits per heavy atom. The third-order valence-electron chi connectivity index (χ3n) is 5.02. The summed E-state index contributed by atoms with van der Waals surface area (Å²) in [5.41, 5.74) is 0.384. The molecule has 1 saturated carbocycles. The van der Waals surface area contributed by atoms with Gasteiger partial charge in [0.15, 0.2) is 11.6 Å². The number of thiocarbonyl (C=S) groups is 1. The number of benzene rings is 1. The van der Waals surface area contributed by atoms with E-state index < -0.39 is 11.6 Å². The fourth-order valence-electron chi connectivity index (χ4n) is 3.66. The van der Waals surface area contributed by atoms with Gasteiger partial charge in [0.05, 0.1) is 5.16 Å². The first-order valence-corrected chi connectivity index (χ1v) is 8.54. The highest BCUT2D eigenvalue weighted by Crippen LogP contribution is 2.40. The Balaban J connectivity index is 2.10. The molecule has 1 aliphatic carbocycles. The molecule has 0 radical (unpaired) electrons. The first-order valence-electron chi connectivity index (χ1n) is 8.13. The molecule has 2 rings (SSSR count). The van der Waals surface area contributed by atoms with E-state index >= 15 is 0 Å². The summed E-state index contributed by atoms with van der Waals surface area (Å²) < 4.78 is 27.9. The minimum absolute atomic E-state index is 0.164. The molecule has 22 heavy (non-hydrogen) atoms. The SMILES string of the molecule is CCCC1CCC(C(C)c2cc(F)c(N=C=S)c(F)c2)CC1. The smallest absolute Gasteiger partial charge is 0.152 e. The van der Waals surface area contributed by atoms with Gasteiger partial charge in [0, 0.05) is 0 Å². The van der Waals surface area contributed by atoms with E-state index in [1.54, 1.807) is 0 Å². The summed E-state index contributed by atoms with van der Waals surface area (Å²) in [5.74, 6) is 0.197. The normalized spacial score (nSPS) is 22.9. The minimum atomic E-state index is -0.654. The van der Waals surface area contributed by atoms with Crippen molar-refractivity contribution in [2.45, 2.75) is 58.3 Å². The second-order valence-corrected chi connectivity index (χ2v) is 6.58. The van der Waals surface area contributed by atoms with Gasteiger partial charge in [-0.2, -0.15) is 4.99 Å². The van der Waals surface area contributed by atoms with E-state index in [0.29, 0.717) is 5.92 Å². The lowest BCUT2D eigenvalue weighted by Gasteiger charge is -2.32. The Kier molecular flexibility index (Phi) is 6.22. The van der Waals surface area contributed by atoms with Gasteiger partial charge in [0.2, 0.25) is 0 Å². The second-order valence-electron chi connectivity index (χ2n) is 6.39. The summed E-state index contributed by atoms with van der Waals surface area (Å²) in [6.45, 7) is 4.30. The molecule has 0 aliphatic heterocycles. The molecule has 0 saturated heterocycles. The van der Waals surface area contributed by atoms with Gasteiger partial charge >= 0.3 is 0 Å². The molecule has 0 heterocycles. The largest absolute Gasteiger partial charge is 0.204 e. The lowest BCUT2D eigenvalue weighted by Crippen LogP contribution is -2.19. The topological polar surface area (TPSA) is 12.4 Å². The van der Waals surface area contributed by atoms with Crippen LogP contribution in [0.25, 0.3) is 0 Å². The van der Waals surface area contributed by atoms with Crippen molar-refractivity contribution in [2.75, 3.05) is 0 Å². The van der Waals surface area contributed by atoms with E-state index in [4.69, 9.17) is 0 Å². The van der Waals surface area contributed by atoms with Crippen molar-refractivity contribution < 1.29 is 8.78 Å². The predicted molar refractivity (Wildman–Crippen MR) is 89.8 cm³/mol. The fourth-order valence-corrected chi connectivity index (χ4v) is 3.75. The molecule has 1 aromatic carbocycles. The van der Waals surface area contributed by atoms with Crippen LogP contribution < -0.4 is 0 Å². The Hall–Kier alpha value is -1.12. The van der Waals surface area contributed by atoms with Crippen LogP contribution in [0.1, 0.15) is 63.9 Å². The van der Waals surface area contributed by atoms with Crippen molar-refractivity contribution >= 4 is 23.1 Å². The van der Waals surface area contributed by atoms with Gasteiger partial charge in [-0.15, -0.1) is 0 Å². The highest BCUT2D eigenvalue weighted by Gasteiger charge is 2.26. The van der Waals surface area contributed by atoms with Gasteiger partial charge in [0.25, 0.3) is 0 Å². The van der Waals surface area contributed by atoms with Crippen LogP contribution in [-0.2, 0) is 0 Å². The third-order valence-corrected chi connectivity index (χ3v) is 5.11. The van der Waals surface area contributed by atoms with Gasteiger partial charge in [-0.1, -0.05) is 39.5 Å². The van der Waals surface area contributed by atoms with Gasteiger partial charge in [0.1, 0.15) is 5.69 Å². The van der Waals surface area contributed by atoms with Crippen molar-refractivity contribution in [3.63, 3.8) is 0 Å². The molecule has 1 aromatic rings. The Labute approximate surface area is 136 Å². The van der Waals surface area contributed by atoms with Gasteiger partial charge in [-0.3, -0.25) is 0 Å². The molecular formula is C18H23F2NS. The molecule has 1 nitrogen and oxygen atoms in total. The Morgan fingerprint density at radius 2 is 1.82 bits per heavy atom. The van der Waals surface area contributed by atoms with E-state index in [-0.39, 0.29) is 11.6 Å². The molecular weight excluding hydrogens is 300 g/mol. The Bertz CT molecular complexity index is 535. The number of nitrogens with zero attached hydrogens (tertiary/aromatic N) is 1. The van der Waals surface area contributed by atoms with Crippen LogP contribution in [0.15, 0.2) is 17.1 Å². The molecule has 1 unspecified atom stereocenters. The summed E-state index contributed by atoms with van der Waals surface area (Å²) in [7, 11) is 0. The van der Waals surface area contributed by atoms with Crippen molar-refractivity contribution in [3.8, 4) is 0 Å². The van der Waals surface area contributed by atoms with Gasteiger partial charge in [-0.25, -0.2) is 8.78 Å². The number of aliphatic imine (C=N–C) groups is 1. The number of hydrogen-bond acceptors (Lipinski definition) is 2. The quantitative estimate of drug-likeness (QED) is 0.450. The van der Waals surface area contributed by atoms with E-state index in [1.165, 1.54) is 37.8 Å². The molecule has 120 valence electrons. The number of halogens is 2. The molecule has 0 spiro atoms. The monoisotopic (exact) mass is 323 g/mol. The summed E-state index contributed by atoms with van der Waals surface area (Å²) in [6.07, 6.45) is 7.31. The summed E-state index contributed by atoms with van der Waals surface area (Å²) in [5, 5.41) is 2.02. The lowest BCUT2D eigenvalue weighted by atomic mass is 9.73. The maximum Gasteiger partial charge on any atom is 0.152 e. The van der Waals surface area contributed by atoms with Crippen LogP contribution in [0.5, 0.6) is 0 Å². The van der Waals surface area contributed by atoms with E-state index in [0.717, 1.165) is 24.3 Å². The number of hydrogen-bond donors (Lipinski definition) is 0. The number of isothiocyanates is 1. The fraction of sp³-hybridized carbons (Fsp3) is 0.611. The molecule has 0 amide bonds. The zero-order chi connectivity index (χ0) is 16.1. The summed E-state index contributed by atoms with van der Waals surface area (Å²) >= 11 is 4.42. The summed E-state index contributed by atoms with van der Waals surface area (Å²) in [6, 6.07) is 2.80. The van der Waals surface area contributed by atoms with E-state index in [9.17, 15) is 8.78 Å². The molecule has 1 atom stereocenters. The van der Waals surface area contributed by atoms with Crippen molar-refractivity contribution in [1.29, 1.82) is 0 Å². The highest BCUT2D eigenvalue weighted by molar-refractivity contribution is 7.78. The third kappa shape index (κ3) is 3.99. The van der Waals surface area contributed by atoms with Gasteiger partial charge < -0.3 is 0 Å². The van der Waals surface area contributed by atoms with Crippen LogP contribution in [0.4, 0.5) is 14.5 Å². The molecule has 0 N–H and O–H groups in total. The van der Waals surface area contributed by atoms with E-state index in [1.807, 2.05) is 5.16 Å². The first kappa shape index (κ1) is 17.2. The van der Waals surface area contributed by atoms with Crippen LogP contribution in [0.3, 0.4) is 0 Å². The average molecular weight is 323 g/mol. The van der Waals surface area contributed by atoms with Crippen molar-refractivity contribution in [2.24, 2.45) is 16.8 Å². The highest BCUT2D eigenvalue weighted by atomic mass is 32.1. The average Bonchev–Trinajstić information content (AvgIpc) is 2.51. The van der Waals surface area contributed by atoms with Crippen LogP contribution in [0, 0.1) is 23.5 Å². The molecule has 1 fully saturated rings. The van der Waals surface area contributed by atoms with Crippen LogP contribution in [0.2, 0.25) is 0 Å². The minimum Gasteiger partial charge on any atom is -0.204 e. The van der Waals surface area contributed by atoms with E-state index in [2.05, 4.69) is 31.1 Å². The summed E-state index contributed by atoms with van der Waals surface area (Å²) in [4.78, 5) is 3.46. The van der Waals surface area contributed by atoms with Gasteiger partial charge in [-0.05, 0) is 60.5 Å². The zero-order valence-corrected chi connectivity index (χ0v) is 14.1. The Morgan fingerprint density at radius 1 is 1.23 bits per heavy atom. The first-order chi connectivity index (χ1) is 10.6. The maximum atomic E-state index is 14.0. The number of rotatable bonds is 5. The molecule has 4 heteroatoms. The molecule has 0 aromatic heterocycles. The van der Waals surface area contributed by atoms with Crippen LogP contribution >= 0.6 is 12.2 Å². The van der Waals surface area contributed by atoms with Crippen LogP contribution in [-0.4, -0.2) is 5.16 Å². The maximum absolute atomic E-state index is 14.0. The second kappa shape index (κ2) is 7.94. The predicted octanol–water partition coefficient (Wildman–Crippen LogP) is 6.41. The lowest BCUT2D eigenvalue weighted by molar-refractivity contribution is 0.238. The standard InChI is InChI=1S/C18H23F2NS/c1-3-4-13-5-7-14(8-6-13)12(2)15-9-16(19)18(21-11-22)17(20)10-15/h9-10,12-14H,3-8H2,1-2H3. The zero-order valence-electron chi connectivity index (χ0n) is 13.2. The molecule has 0 bridgehead atoms. The van der Waals surface area contributed by atoms with Crippen molar-refractivity contribution in [1.82, 2.24) is 0 Å². The molecule has 1 aliphatic rings. The van der Waals surface area contributed by atoms with Crippen molar-refractivity contribution in [3.05, 3.63) is 29.3 Å².